The molecule has 2 aromatic heterocycles. The van der Waals surface area contributed by atoms with Gasteiger partial charge in [0.05, 0.1) is 23.6 Å². The van der Waals surface area contributed by atoms with Crippen LogP contribution in [-0.4, -0.2) is 41.2 Å². The fourth-order valence-electron chi connectivity index (χ4n) is 2.70. The first kappa shape index (κ1) is 17.1. The van der Waals surface area contributed by atoms with E-state index in [2.05, 4.69) is 10.3 Å². The Kier molecular flexibility index (Phi) is 5.60. The third-order valence-corrected chi connectivity index (χ3v) is 5.81. The number of hydrogen-bond donors (Lipinski definition) is 2. The molecule has 2 N–H and O–H groups in total. The summed E-state index contributed by atoms with van der Waals surface area (Å²) < 4.78 is 5.33. The van der Waals surface area contributed by atoms with E-state index in [0.717, 1.165) is 22.7 Å². The van der Waals surface area contributed by atoms with Gasteiger partial charge in [0.2, 0.25) is 5.91 Å². The number of amides is 1. The van der Waals surface area contributed by atoms with Crippen LogP contribution in [0.15, 0.2) is 22.9 Å². The van der Waals surface area contributed by atoms with Crippen molar-refractivity contribution in [1.29, 1.82) is 0 Å². The number of carbonyl (C=O) groups excluding carboxylic acids is 1. The minimum absolute atomic E-state index is 0.0826. The van der Waals surface area contributed by atoms with Crippen molar-refractivity contribution >= 4 is 34.6 Å². The van der Waals surface area contributed by atoms with Crippen LogP contribution in [0.4, 0.5) is 0 Å². The molecule has 0 bridgehead atoms. The largest absolute Gasteiger partial charge is 0.480 e. The molecule has 0 spiro atoms. The predicted octanol–water partition coefficient (Wildman–Crippen LogP) is 2.41. The molecule has 0 radical (unpaired) electrons. The molecule has 1 saturated heterocycles. The van der Waals surface area contributed by atoms with Crippen molar-refractivity contribution in [2.45, 2.75) is 25.3 Å². The monoisotopic (exact) mass is 366 g/mol. The molecule has 8 heteroatoms. The fourth-order valence-corrected chi connectivity index (χ4v) is 4.33. The van der Waals surface area contributed by atoms with Crippen molar-refractivity contribution in [2.75, 3.05) is 13.2 Å². The lowest BCUT2D eigenvalue weighted by Gasteiger charge is -2.28. The SMILES string of the molecule is O=C(Cc1csc(-c2cccs2)n1)NC(C(=O)O)C1CCCOC1. The molecular weight excluding hydrogens is 348 g/mol. The van der Waals surface area contributed by atoms with Gasteiger partial charge in [0.1, 0.15) is 11.0 Å². The van der Waals surface area contributed by atoms with Crippen LogP contribution in [-0.2, 0) is 20.7 Å². The molecule has 0 saturated carbocycles. The Morgan fingerprint density at radius 1 is 1.46 bits per heavy atom. The Balaban J connectivity index is 1.60. The predicted molar refractivity (Wildman–Crippen MR) is 92.2 cm³/mol. The van der Waals surface area contributed by atoms with Gasteiger partial charge >= 0.3 is 5.97 Å². The number of nitrogens with one attached hydrogen (secondary N) is 1. The molecule has 2 atom stereocenters. The highest BCUT2D eigenvalue weighted by Crippen LogP contribution is 2.28. The maximum absolute atomic E-state index is 12.2. The Morgan fingerprint density at radius 3 is 3.00 bits per heavy atom. The third kappa shape index (κ3) is 4.19. The van der Waals surface area contributed by atoms with Gasteiger partial charge in [-0.3, -0.25) is 4.79 Å². The summed E-state index contributed by atoms with van der Waals surface area (Å²) in [5.41, 5.74) is 0.657. The number of carboxylic acid groups (broad SMARTS) is 1. The van der Waals surface area contributed by atoms with Crippen LogP contribution in [0.2, 0.25) is 0 Å². The van der Waals surface area contributed by atoms with Crippen LogP contribution in [0.3, 0.4) is 0 Å². The van der Waals surface area contributed by atoms with Gasteiger partial charge in [-0.05, 0) is 24.3 Å². The smallest absolute Gasteiger partial charge is 0.326 e. The lowest BCUT2D eigenvalue weighted by atomic mass is 9.93. The highest BCUT2D eigenvalue weighted by Gasteiger charge is 2.31. The van der Waals surface area contributed by atoms with Gasteiger partial charge in [0, 0.05) is 17.9 Å². The second kappa shape index (κ2) is 7.87. The van der Waals surface area contributed by atoms with Crippen molar-refractivity contribution < 1.29 is 19.4 Å². The van der Waals surface area contributed by atoms with E-state index in [0.29, 0.717) is 18.9 Å². The molecular formula is C16H18N2O4S2. The molecule has 0 aliphatic carbocycles. The summed E-state index contributed by atoms with van der Waals surface area (Å²) in [6.45, 7) is 1.03. The molecule has 1 aliphatic rings. The highest BCUT2D eigenvalue weighted by molar-refractivity contribution is 7.20. The van der Waals surface area contributed by atoms with Crippen LogP contribution in [0.1, 0.15) is 18.5 Å². The average molecular weight is 366 g/mol. The summed E-state index contributed by atoms with van der Waals surface area (Å²) in [6.07, 6.45) is 1.65. The van der Waals surface area contributed by atoms with E-state index in [-0.39, 0.29) is 18.2 Å². The van der Waals surface area contributed by atoms with Gasteiger partial charge in [-0.15, -0.1) is 22.7 Å². The molecule has 1 aliphatic heterocycles. The molecule has 128 valence electrons. The molecule has 24 heavy (non-hydrogen) atoms. The number of ether oxygens (including phenoxy) is 1. The van der Waals surface area contributed by atoms with Gasteiger partial charge in [-0.2, -0.15) is 0 Å². The van der Waals surface area contributed by atoms with Crippen molar-refractivity contribution in [3.8, 4) is 9.88 Å². The normalized spacial score (nSPS) is 18.9. The maximum atomic E-state index is 12.2. The van der Waals surface area contributed by atoms with E-state index >= 15 is 0 Å². The van der Waals surface area contributed by atoms with Gasteiger partial charge in [-0.1, -0.05) is 6.07 Å². The number of hydrogen-bond acceptors (Lipinski definition) is 6. The van der Waals surface area contributed by atoms with Crippen LogP contribution >= 0.6 is 22.7 Å². The summed E-state index contributed by atoms with van der Waals surface area (Å²) in [5.74, 6) is -1.52. The van der Waals surface area contributed by atoms with Crippen molar-refractivity contribution in [2.24, 2.45) is 5.92 Å². The summed E-state index contributed by atoms with van der Waals surface area (Å²) in [7, 11) is 0. The minimum atomic E-state index is -1.02. The first-order chi connectivity index (χ1) is 11.6. The number of carbonyl (C=O) groups is 2. The summed E-state index contributed by atoms with van der Waals surface area (Å²) in [5, 5.41) is 16.7. The lowest BCUT2D eigenvalue weighted by Crippen LogP contribution is -2.48. The fraction of sp³-hybridized carbons (Fsp3) is 0.438. The zero-order valence-electron chi connectivity index (χ0n) is 12.9. The van der Waals surface area contributed by atoms with Crippen LogP contribution in [0.25, 0.3) is 9.88 Å². The number of carboxylic acids is 1. The standard InChI is InChI=1S/C16H18N2O4S2/c19-13(18-14(16(20)21)10-3-1-5-22-8-10)7-11-9-24-15(17-11)12-4-2-6-23-12/h2,4,6,9-10,14H,1,3,5,7-8H2,(H,18,19)(H,20,21). The quantitative estimate of drug-likeness (QED) is 0.820. The second-order valence-electron chi connectivity index (χ2n) is 5.66. The van der Waals surface area contributed by atoms with E-state index < -0.39 is 12.0 Å². The zero-order valence-corrected chi connectivity index (χ0v) is 14.6. The first-order valence-corrected chi connectivity index (χ1v) is 9.47. The molecule has 0 aromatic carbocycles. The summed E-state index contributed by atoms with van der Waals surface area (Å²) in [6, 6.07) is 3.03. The van der Waals surface area contributed by atoms with Crippen molar-refractivity contribution in [3.63, 3.8) is 0 Å². The number of thiazole rings is 1. The van der Waals surface area contributed by atoms with Crippen LogP contribution in [0, 0.1) is 5.92 Å². The Morgan fingerprint density at radius 2 is 2.33 bits per heavy atom. The zero-order chi connectivity index (χ0) is 16.9. The number of aliphatic carboxylic acids is 1. The topological polar surface area (TPSA) is 88.5 Å². The highest BCUT2D eigenvalue weighted by atomic mass is 32.1. The Hall–Kier alpha value is -1.77. The van der Waals surface area contributed by atoms with E-state index in [1.807, 2.05) is 22.9 Å². The molecule has 1 amide bonds. The van der Waals surface area contributed by atoms with Crippen LogP contribution < -0.4 is 5.32 Å². The molecule has 6 nitrogen and oxygen atoms in total. The molecule has 1 fully saturated rings. The lowest BCUT2D eigenvalue weighted by molar-refractivity contribution is -0.145. The van der Waals surface area contributed by atoms with E-state index in [9.17, 15) is 14.7 Å². The van der Waals surface area contributed by atoms with Crippen LogP contribution in [0.5, 0.6) is 0 Å². The molecule has 3 rings (SSSR count). The Bertz CT molecular complexity index is 693. The average Bonchev–Trinajstić information content (AvgIpc) is 3.24. The minimum Gasteiger partial charge on any atom is -0.480 e. The molecule has 2 unspecified atom stereocenters. The van der Waals surface area contributed by atoms with E-state index in [1.54, 1.807) is 11.3 Å². The van der Waals surface area contributed by atoms with Gasteiger partial charge in [0.15, 0.2) is 0 Å². The van der Waals surface area contributed by atoms with Crippen molar-refractivity contribution in [1.82, 2.24) is 10.3 Å². The Labute approximate surface area is 147 Å². The molecule has 3 heterocycles. The first-order valence-electron chi connectivity index (χ1n) is 7.71. The van der Waals surface area contributed by atoms with Crippen molar-refractivity contribution in [3.05, 3.63) is 28.6 Å². The maximum Gasteiger partial charge on any atom is 0.326 e. The van der Waals surface area contributed by atoms with Gasteiger partial charge < -0.3 is 15.2 Å². The number of rotatable bonds is 6. The number of aromatic nitrogens is 1. The molecule has 2 aromatic rings. The summed E-state index contributed by atoms with van der Waals surface area (Å²) in [4.78, 5) is 29.2. The third-order valence-electron chi connectivity index (χ3n) is 3.87. The van der Waals surface area contributed by atoms with Gasteiger partial charge in [-0.25, -0.2) is 9.78 Å². The second-order valence-corrected chi connectivity index (χ2v) is 7.46. The van der Waals surface area contributed by atoms with E-state index in [1.165, 1.54) is 11.3 Å². The number of nitrogens with zero attached hydrogens (tertiary/aromatic N) is 1. The van der Waals surface area contributed by atoms with E-state index in [4.69, 9.17) is 4.74 Å². The number of thiophene rings is 1. The van der Waals surface area contributed by atoms with Gasteiger partial charge in [0.25, 0.3) is 0 Å². The summed E-state index contributed by atoms with van der Waals surface area (Å²) >= 11 is 3.08.